The van der Waals surface area contributed by atoms with E-state index in [4.69, 9.17) is 4.74 Å². The third-order valence-corrected chi connectivity index (χ3v) is 4.18. The minimum Gasteiger partial charge on any atom is -0.389 e. The van der Waals surface area contributed by atoms with E-state index in [1.165, 1.54) is 0 Å². The van der Waals surface area contributed by atoms with E-state index in [0.29, 0.717) is 38.4 Å². The van der Waals surface area contributed by atoms with Gasteiger partial charge >= 0.3 is 0 Å². The van der Waals surface area contributed by atoms with Crippen molar-refractivity contribution in [1.29, 1.82) is 0 Å². The molecule has 1 saturated heterocycles. The van der Waals surface area contributed by atoms with Gasteiger partial charge in [-0.25, -0.2) is 0 Å². The molecule has 0 saturated carbocycles. The molecule has 1 unspecified atom stereocenters. The Hall–Kier alpha value is -2.03. The van der Waals surface area contributed by atoms with Gasteiger partial charge in [0.1, 0.15) is 6.33 Å². The maximum atomic E-state index is 12.6. The summed E-state index contributed by atoms with van der Waals surface area (Å²) in [6.45, 7) is 6.27. The fourth-order valence-corrected chi connectivity index (χ4v) is 2.87. The maximum Gasteiger partial charge on any atom is 0.255 e. The molecule has 1 amide bonds. The Morgan fingerprint density at radius 3 is 2.88 bits per heavy atom. The molecule has 8 nitrogen and oxygen atoms in total. The van der Waals surface area contributed by atoms with Crippen LogP contribution in [0.3, 0.4) is 0 Å². The lowest BCUT2D eigenvalue weighted by molar-refractivity contribution is 0.0111. The quantitative estimate of drug-likeness (QED) is 0.794. The number of rotatable bonds is 6. The van der Waals surface area contributed by atoms with Gasteiger partial charge in [-0.3, -0.25) is 14.1 Å². The molecule has 2 aromatic heterocycles. The van der Waals surface area contributed by atoms with Gasteiger partial charge in [0.05, 0.1) is 18.3 Å². The Bertz CT molecular complexity index is 681. The van der Waals surface area contributed by atoms with Crippen LogP contribution in [-0.4, -0.2) is 87.5 Å². The van der Waals surface area contributed by atoms with Gasteiger partial charge in [-0.2, -0.15) is 0 Å². The zero-order chi connectivity index (χ0) is 16.9. The standard InChI is InChI=1S/C16H23N5O3/c1-2-24-11-14(22)10-19-5-7-20(8-6-19)16(23)13-3-4-15-18-17-12-21(15)9-13/h3-4,9,12,14,22H,2,5-8,10-11H2,1H3. The average molecular weight is 333 g/mol. The number of carbonyl (C=O) groups excluding carboxylic acids is 1. The van der Waals surface area contributed by atoms with Crippen LogP contribution in [0.25, 0.3) is 5.65 Å². The van der Waals surface area contributed by atoms with Gasteiger partial charge in [-0.1, -0.05) is 0 Å². The van der Waals surface area contributed by atoms with Crippen LogP contribution < -0.4 is 0 Å². The van der Waals surface area contributed by atoms with Crippen molar-refractivity contribution < 1.29 is 14.6 Å². The van der Waals surface area contributed by atoms with Gasteiger partial charge < -0.3 is 14.7 Å². The van der Waals surface area contributed by atoms with E-state index >= 15 is 0 Å². The number of carbonyl (C=O) groups is 1. The number of hydrogen-bond acceptors (Lipinski definition) is 6. The van der Waals surface area contributed by atoms with Crippen molar-refractivity contribution in [3.63, 3.8) is 0 Å². The summed E-state index contributed by atoms with van der Waals surface area (Å²) in [6, 6.07) is 3.57. The van der Waals surface area contributed by atoms with E-state index in [9.17, 15) is 9.90 Å². The summed E-state index contributed by atoms with van der Waals surface area (Å²) in [5, 5.41) is 17.7. The minimum atomic E-state index is -0.483. The summed E-state index contributed by atoms with van der Waals surface area (Å²) in [5.74, 6) is 0.0140. The molecule has 0 bridgehead atoms. The molecule has 0 spiro atoms. The summed E-state index contributed by atoms with van der Waals surface area (Å²) in [5.41, 5.74) is 1.35. The number of hydrogen-bond donors (Lipinski definition) is 1. The summed E-state index contributed by atoms with van der Waals surface area (Å²) in [7, 11) is 0. The number of β-amino-alcohol motifs (C(OH)–C–C–N with tert-alkyl or cyclic N) is 1. The molecule has 2 aromatic rings. The van der Waals surface area contributed by atoms with Gasteiger partial charge in [-0.05, 0) is 19.1 Å². The fourth-order valence-electron chi connectivity index (χ4n) is 2.87. The lowest BCUT2D eigenvalue weighted by Gasteiger charge is -2.35. The van der Waals surface area contributed by atoms with E-state index in [-0.39, 0.29) is 5.91 Å². The summed E-state index contributed by atoms with van der Waals surface area (Å²) in [4.78, 5) is 16.6. The highest BCUT2D eigenvalue weighted by atomic mass is 16.5. The molecule has 1 fully saturated rings. The average Bonchev–Trinajstić information content (AvgIpc) is 3.07. The Labute approximate surface area is 140 Å². The zero-order valence-electron chi connectivity index (χ0n) is 13.8. The first-order valence-corrected chi connectivity index (χ1v) is 8.24. The Balaban J connectivity index is 1.53. The molecule has 130 valence electrons. The zero-order valence-corrected chi connectivity index (χ0v) is 13.8. The van der Waals surface area contributed by atoms with E-state index in [2.05, 4.69) is 15.1 Å². The first-order chi connectivity index (χ1) is 11.7. The van der Waals surface area contributed by atoms with Crippen LogP contribution in [-0.2, 0) is 4.74 Å². The number of ether oxygens (including phenoxy) is 1. The number of amides is 1. The third kappa shape index (κ3) is 3.89. The van der Waals surface area contributed by atoms with E-state index in [1.807, 2.05) is 11.8 Å². The molecule has 0 radical (unpaired) electrons. The number of nitrogens with zero attached hydrogens (tertiary/aromatic N) is 5. The molecule has 1 aliphatic rings. The van der Waals surface area contributed by atoms with Crippen LogP contribution in [0, 0.1) is 0 Å². The predicted octanol–water partition coefficient (Wildman–Crippen LogP) is -0.115. The topological polar surface area (TPSA) is 83.2 Å². The number of fused-ring (bicyclic) bond motifs is 1. The number of pyridine rings is 1. The molecule has 0 aromatic carbocycles. The SMILES string of the molecule is CCOCC(O)CN1CCN(C(=O)c2ccc3nncn3c2)CC1. The molecule has 3 rings (SSSR count). The van der Waals surface area contributed by atoms with Crippen LogP contribution in [0.5, 0.6) is 0 Å². The minimum absolute atomic E-state index is 0.0140. The largest absolute Gasteiger partial charge is 0.389 e. The monoisotopic (exact) mass is 333 g/mol. The van der Waals surface area contributed by atoms with Gasteiger partial charge in [0.2, 0.25) is 0 Å². The molecule has 1 atom stereocenters. The second-order valence-corrected chi connectivity index (χ2v) is 5.92. The fraction of sp³-hybridized carbons (Fsp3) is 0.562. The van der Waals surface area contributed by atoms with Crippen molar-refractivity contribution in [3.8, 4) is 0 Å². The third-order valence-electron chi connectivity index (χ3n) is 4.18. The van der Waals surface area contributed by atoms with E-state index in [0.717, 1.165) is 18.7 Å². The summed E-state index contributed by atoms with van der Waals surface area (Å²) >= 11 is 0. The Kier molecular flexibility index (Phi) is 5.39. The first-order valence-electron chi connectivity index (χ1n) is 8.24. The van der Waals surface area contributed by atoms with Crippen LogP contribution in [0.1, 0.15) is 17.3 Å². The molecular weight excluding hydrogens is 310 g/mol. The molecule has 3 heterocycles. The number of aromatic nitrogens is 3. The lowest BCUT2D eigenvalue weighted by Crippen LogP contribution is -2.50. The number of aliphatic hydroxyl groups is 1. The van der Waals surface area contributed by atoms with Crippen LogP contribution in [0.4, 0.5) is 0 Å². The van der Waals surface area contributed by atoms with E-state index < -0.39 is 6.10 Å². The molecule has 24 heavy (non-hydrogen) atoms. The molecule has 0 aliphatic carbocycles. The molecular formula is C16H23N5O3. The van der Waals surface area contributed by atoms with Crippen molar-refractivity contribution in [2.45, 2.75) is 13.0 Å². The Morgan fingerprint density at radius 1 is 1.33 bits per heavy atom. The van der Waals surface area contributed by atoms with Crippen molar-refractivity contribution in [2.24, 2.45) is 0 Å². The van der Waals surface area contributed by atoms with Gasteiger partial charge in [0.25, 0.3) is 5.91 Å². The van der Waals surface area contributed by atoms with Crippen LogP contribution >= 0.6 is 0 Å². The first kappa shape index (κ1) is 16.8. The highest BCUT2D eigenvalue weighted by Crippen LogP contribution is 2.10. The van der Waals surface area contributed by atoms with Crippen molar-refractivity contribution >= 4 is 11.6 Å². The number of aliphatic hydroxyl groups excluding tert-OH is 1. The highest BCUT2D eigenvalue weighted by molar-refractivity contribution is 5.94. The molecule has 1 aliphatic heterocycles. The molecule has 1 N–H and O–H groups in total. The molecule has 8 heteroatoms. The summed E-state index contributed by atoms with van der Waals surface area (Å²) < 4.78 is 6.97. The van der Waals surface area contributed by atoms with Gasteiger partial charge in [0.15, 0.2) is 5.65 Å². The number of piperazine rings is 1. The van der Waals surface area contributed by atoms with Crippen LogP contribution in [0.15, 0.2) is 24.7 Å². The van der Waals surface area contributed by atoms with Crippen molar-refractivity contribution in [3.05, 3.63) is 30.2 Å². The second kappa shape index (κ2) is 7.69. The van der Waals surface area contributed by atoms with Crippen molar-refractivity contribution in [2.75, 3.05) is 45.9 Å². The lowest BCUT2D eigenvalue weighted by atomic mass is 10.2. The van der Waals surface area contributed by atoms with Crippen LogP contribution in [0.2, 0.25) is 0 Å². The normalized spacial score (nSPS) is 17.3. The van der Waals surface area contributed by atoms with Gasteiger partial charge in [0, 0.05) is 45.5 Å². The van der Waals surface area contributed by atoms with Gasteiger partial charge in [-0.15, -0.1) is 10.2 Å². The predicted molar refractivity (Wildman–Crippen MR) is 87.8 cm³/mol. The smallest absolute Gasteiger partial charge is 0.255 e. The van der Waals surface area contributed by atoms with Crippen molar-refractivity contribution in [1.82, 2.24) is 24.4 Å². The maximum absolute atomic E-state index is 12.6. The highest BCUT2D eigenvalue weighted by Gasteiger charge is 2.23. The summed E-state index contributed by atoms with van der Waals surface area (Å²) in [6.07, 6.45) is 2.86. The Morgan fingerprint density at radius 2 is 2.12 bits per heavy atom. The second-order valence-electron chi connectivity index (χ2n) is 5.92. The van der Waals surface area contributed by atoms with E-state index in [1.54, 1.807) is 29.1 Å².